The van der Waals surface area contributed by atoms with Gasteiger partial charge in [0.2, 0.25) is 11.8 Å². The number of benzene rings is 2. The van der Waals surface area contributed by atoms with E-state index < -0.39 is 35.4 Å². The first-order valence-corrected chi connectivity index (χ1v) is 19.6. The number of aliphatic hydroxyl groups is 1. The number of alkyl halides is 8. The molecular formula is C38H37F6I3N3O7V-. The quantitative estimate of drug-likeness (QED) is 0.0330. The molecule has 58 heavy (non-hydrogen) atoms. The number of nitrogens with zero attached hydrogens (tertiary/aromatic N) is 3. The second-order valence-electron chi connectivity index (χ2n) is 10.7. The molecule has 0 spiro atoms. The van der Waals surface area contributed by atoms with E-state index in [0.29, 0.717) is 11.8 Å². The van der Waals surface area contributed by atoms with Crippen LogP contribution >= 0.6 is 67.8 Å². The molecule has 2 aromatic carbocycles. The van der Waals surface area contributed by atoms with Gasteiger partial charge >= 0.3 is 24.3 Å². The van der Waals surface area contributed by atoms with Crippen molar-refractivity contribution in [2.24, 2.45) is 0 Å². The molecule has 4 rings (SSSR count). The molecule has 0 unspecified atom stereocenters. The van der Waals surface area contributed by atoms with Gasteiger partial charge in [-0.15, -0.1) is 0 Å². The zero-order valence-electron chi connectivity index (χ0n) is 31.5. The van der Waals surface area contributed by atoms with E-state index in [0.717, 1.165) is 45.7 Å². The van der Waals surface area contributed by atoms with E-state index in [-0.39, 0.29) is 58.5 Å². The second-order valence-corrected chi connectivity index (χ2v) is 18.1. The third-order valence-electron chi connectivity index (χ3n) is 6.23. The van der Waals surface area contributed by atoms with Gasteiger partial charge in [-0.3, -0.25) is 4.43 Å². The molecule has 0 fully saturated rings. The summed E-state index contributed by atoms with van der Waals surface area (Å²) in [6, 6.07) is 15.6. The molecule has 20 heteroatoms. The van der Waals surface area contributed by atoms with E-state index in [9.17, 15) is 41.0 Å². The molecule has 2 aromatic heterocycles. The van der Waals surface area contributed by atoms with Crippen LogP contribution in [-0.2, 0) is 50.0 Å². The molecule has 0 aliphatic carbocycles. The number of carbonyl (C=O) groups excluding carboxylic acids is 2. The Bertz CT molecular complexity index is 1950. The van der Waals surface area contributed by atoms with Crippen molar-refractivity contribution in [1.29, 1.82) is 0 Å². The summed E-state index contributed by atoms with van der Waals surface area (Å²) in [5.41, 5.74) is -1.30. The van der Waals surface area contributed by atoms with Gasteiger partial charge in [0.15, 0.2) is 0 Å². The van der Waals surface area contributed by atoms with E-state index in [1.54, 1.807) is 49.3 Å². The monoisotopic (exact) mass is 1190 g/mol. The number of halogens is 9. The average molecular weight is 1190 g/mol. The standard InChI is InChI=1S/C18H17F3N2O3.C16H12F3NO4.C2H4I2.C2H4I.V/c1-23(2)11-14(17(24)25-3)13-6-4-5-7-15(13)26-16-10-12(8-9-22-16)18(19,20)21;1-23-15(22)12(9-21)11-4-2-3-5-13(11)24-14-8-10(6-7-20-14)16(17,18)19;1-2(3)4;1-2-3;/h4-11H,1-3H3;2-9,21H,1H3;2H,1H3;2H,1H3;/q;;;-1;/b14-11-;12-9+;;;. The molecule has 315 valence electrons. The average Bonchev–Trinajstić information content (AvgIpc) is 3.14. The molecule has 0 atom stereocenters. The summed E-state index contributed by atoms with van der Waals surface area (Å²) in [5.74, 6) is -1.76. The fourth-order valence-electron chi connectivity index (χ4n) is 4.01. The number of hydrogen-bond acceptors (Lipinski definition) is 10. The number of esters is 2. The third-order valence-corrected chi connectivity index (χ3v) is 6.23. The zero-order valence-corrected chi connectivity index (χ0v) is 39.3. The summed E-state index contributed by atoms with van der Waals surface area (Å²) in [6.45, 7) is 4.13. The smallest absolute Gasteiger partial charge is 0.416 e. The number of rotatable bonds is 9. The normalized spacial score (nSPS) is 11.2. The summed E-state index contributed by atoms with van der Waals surface area (Å²) in [4.78, 5) is 32.9. The van der Waals surface area contributed by atoms with E-state index in [1.165, 1.54) is 31.5 Å². The van der Waals surface area contributed by atoms with Crippen LogP contribution in [0.15, 0.2) is 97.7 Å². The Balaban J connectivity index is 0.000000952. The molecule has 0 saturated heterocycles. The van der Waals surface area contributed by atoms with Crippen molar-refractivity contribution in [3.05, 3.63) is 124 Å². The minimum atomic E-state index is -4.54. The second kappa shape index (κ2) is 27.5. The molecular weight excluding hydrogens is 1160 g/mol. The topological polar surface area (TPSA) is 120 Å². The summed E-state index contributed by atoms with van der Waals surface area (Å²) in [5, 5.41) is 9.24. The largest absolute Gasteiger partial charge is 0.515 e. The van der Waals surface area contributed by atoms with Crippen molar-refractivity contribution in [2.75, 3.05) is 28.3 Å². The molecule has 1 N–H and O–H groups in total. The van der Waals surface area contributed by atoms with E-state index >= 15 is 0 Å². The zero-order chi connectivity index (χ0) is 43.3. The van der Waals surface area contributed by atoms with Crippen molar-refractivity contribution < 1.29 is 78.5 Å². The Labute approximate surface area is 385 Å². The summed E-state index contributed by atoms with van der Waals surface area (Å²) < 4.78 is 99.7. The Kier molecular flexibility index (Phi) is 25.9. The number of methoxy groups -OCH3 is 2. The van der Waals surface area contributed by atoms with Crippen LogP contribution in [0.1, 0.15) is 36.1 Å². The van der Waals surface area contributed by atoms with Crippen LogP contribution in [0.2, 0.25) is 0 Å². The van der Waals surface area contributed by atoms with Gasteiger partial charge in [-0.1, -0.05) is 81.6 Å². The third kappa shape index (κ3) is 19.6. The molecule has 0 aliphatic heterocycles. The van der Waals surface area contributed by atoms with Crippen LogP contribution in [0.5, 0.6) is 23.3 Å². The van der Waals surface area contributed by atoms with Crippen LogP contribution < -0.4 is 9.47 Å². The maximum absolute atomic E-state index is 12.9. The Morgan fingerprint density at radius 2 is 1.10 bits per heavy atom. The summed E-state index contributed by atoms with van der Waals surface area (Å²) >= 11 is 6.82. The van der Waals surface area contributed by atoms with Gasteiger partial charge < -0.3 is 51.5 Å². The van der Waals surface area contributed by atoms with Gasteiger partial charge in [0, 0.05) is 74.5 Å². The SMILES string of the molecule is CC(I)I.COC(=O)/C(=C/O)c1ccccc1Oc1cc(C(F)(F)F)ccn1.COC(=O)/C(=C\N(C)C)c1ccccc1Oc1cc(C(F)(F)F)ccn1.C[CH-]I.[V]. The molecule has 2 heterocycles. The fourth-order valence-corrected chi connectivity index (χ4v) is 4.01. The van der Waals surface area contributed by atoms with E-state index in [4.69, 9.17) is 14.2 Å². The van der Waals surface area contributed by atoms with E-state index in [1.807, 2.05) is 11.4 Å². The number of hydrogen-bond donors (Lipinski definition) is 1. The van der Waals surface area contributed by atoms with Gasteiger partial charge in [0.05, 0.1) is 39.1 Å². The number of para-hydroxylation sites is 2. The van der Waals surface area contributed by atoms with Crippen LogP contribution in [0.3, 0.4) is 0 Å². The van der Waals surface area contributed by atoms with Crippen molar-refractivity contribution in [1.82, 2.24) is 14.9 Å². The molecule has 0 saturated carbocycles. The maximum Gasteiger partial charge on any atom is 0.416 e. The van der Waals surface area contributed by atoms with Gasteiger partial charge in [-0.25, -0.2) is 19.6 Å². The summed E-state index contributed by atoms with van der Waals surface area (Å²) in [7, 11) is 5.81. The van der Waals surface area contributed by atoms with Gasteiger partial charge in [-0.05, 0) is 31.2 Å². The summed E-state index contributed by atoms with van der Waals surface area (Å²) in [6.07, 6.45) is -5.01. The van der Waals surface area contributed by atoms with E-state index in [2.05, 4.69) is 89.4 Å². The maximum atomic E-state index is 12.9. The number of pyridine rings is 2. The molecule has 0 aliphatic rings. The predicted octanol–water partition coefficient (Wildman–Crippen LogP) is 11.7. The number of ether oxygens (including phenoxy) is 4. The number of aromatic nitrogens is 2. The molecule has 10 nitrogen and oxygen atoms in total. The van der Waals surface area contributed by atoms with Crippen molar-refractivity contribution in [3.8, 4) is 23.3 Å². The Hall–Kier alpha value is -3.29. The first-order chi connectivity index (χ1) is 26.7. The van der Waals surface area contributed by atoms with Crippen LogP contribution in [0.4, 0.5) is 26.3 Å². The van der Waals surface area contributed by atoms with Crippen molar-refractivity contribution >= 4 is 90.9 Å². The predicted molar refractivity (Wildman–Crippen MR) is 229 cm³/mol. The first kappa shape index (κ1) is 54.7. The minimum absolute atomic E-state index is 0. The number of aliphatic hydroxyl groups excluding tert-OH is 1. The fraction of sp³-hybridized carbons (Fsp3) is 0.237. The molecule has 0 bridgehead atoms. The van der Waals surface area contributed by atoms with Gasteiger partial charge in [-0.2, -0.15) is 33.3 Å². The molecule has 4 aromatic rings. The van der Waals surface area contributed by atoms with Gasteiger partial charge in [0.25, 0.3) is 0 Å². The van der Waals surface area contributed by atoms with Crippen molar-refractivity contribution in [2.45, 2.75) is 28.1 Å². The van der Waals surface area contributed by atoms with Crippen LogP contribution in [0.25, 0.3) is 11.1 Å². The van der Waals surface area contributed by atoms with Crippen LogP contribution in [0, 0.1) is 4.43 Å². The van der Waals surface area contributed by atoms with Gasteiger partial charge in [0.1, 0.15) is 17.1 Å². The Morgan fingerprint density at radius 1 is 0.759 bits per heavy atom. The minimum Gasteiger partial charge on any atom is -0.515 e. The molecule has 1 radical (unpaired) electrons. The first-order valence-electron chi connectivity index (χ1n) is 15.9. The number of carbonyl (C=O) groups is 2. The van der Waals surface area contributed by atoms with Crippen LogP contribution in [-0.4, -0.2) is 62.2 Å². The molecule has 0 amide bonds. The Morgan fingerprint density at radius 3 is 1.43 bits per heavy atom. The van der Waals surface area contributed by atoms with Crippen molar-refractivity contribution in [3.63, 3.8) is 0 Å².